The molecule has 0 aliphatic heterocycles. The molecular formula is C16H26O. The molecule has 0 amide bonds. The van der Waals surface area contributed by atoms with Crippen LogP contribution < -0.4 is 0 Å². The van der Waals surface area contributed by atoms with Crippen molar-refractivity contribution >= 4 is 6.29 Å². The van der Waals surface area contributed by atoms with Crippen LogP contribution >= 0.6 is 0 Å². The van der Waals surface area contributed by atoms with Gasteiger partial charge in [-0.3, -0.25) is 0 Å². The monoisotopic (exact) mass is 234 g/mol. The molecule has 1 aliphatic rings. The normalized spacial score (nSPS) is 23.4. The largest absolute Gasteiger partial charge is 0.302 e. The summed E-state index contributed by atoms with van der Waals surface area (Å²) in [5.41, 5.74) is 2.58. The summed E-state index contributed by atoms with van der Waals surface area (Å²) in [7, 11) is 0. The van der Waals surface area contributed by atoms with E-state index in [4.69, 9.17) is 0 Å². The molecule has 0 saturated heterocycles. The van der Waals surface area contributed by atoms with Gasteiger partial charge < -0.3 is 4.79 Å². The van der Waals surface area contributed by atoms with E-state index in [-0.39, 0.29) is 11.3 Å². The van der Waals surface area contributed by atoms with E-state index in [1.807, 2.05) is 0 Å². The third kappa shape index (κ3) is 4.14. The molecule has 0 spiro atoms. The highest BCUT2D eigenvalue weighted by Gasteiger charge is 2.29. The van der Waals surface area contributed by atoms with E-state index in [9.17, 15) is 4.79 Å². The zero-order chi connectivity index (χ0) is 12.9. The Morgan fingerprint density at radius 2 is 2.12 bits per heavy atom. The van der Waals surface area contributed by atoms with Gasteiger partial charge in [0, 0.05) is 0 Å². The lowest BCUT2D eigenvalue weighted by Gasteiger charge is -2.33. The number of hydrogen-bond donors (Lipinski definition) is 0. The molecule has 17 heavy (non-hydrogen) atoms. The first-order chi connectivity index (χ1) is 8.00. The van der Waals surface area contributed by atoms with Crippen LogP contribution in [-0.2, 0) is 4.79 Å². The number of allylic oxidation sites excluding steroid dienone is 3. The molecule has 0 radical (unpaired) electrons. The van der Waals surface area contributed by atoms with Gasteiger partial charge in [0.05, 0.1) is 5.92 Å². The standard InChI is InChI=1S/C16H26O/c1-5-6-7-8-9-14-11-16(3,4)10-13(2)15(14)12-17/h11-12,15H,2,5-10H2,1,3-4H3. The van der Waals surface area contributed by atoms with Gasteiger partial charge >= 0.3 is 0 Å². The Hall–Kier alpha value is -0.850. The first-order valence-corrected chi connectivity index (χ1v) is 6.85. The molecule has 1 aliphatic carbocycles. The van der Waals surface area contributed by atoms with Gasteiger partial charge in [-0.25, -0.2) is 0 Å². The van der Waals surface area contributed by atoms with Crippen molar-refractivity contribution in [3.8, 4) is 0 Å². The summed E-state index contributed by atoms with van der Waals surface area (Å²) < 4.78 is 0. The smallest absolute Gasteiger partial charge is 0.131 e. The highest BCUT2D eigenvalue weighted by molar-refractivity contribution is 5.65. The highest BCUT2D eigenvalue weighted by Crippen LogP contribution is 2.40. The van der Waals surface area contributed by atoms with Crippen molar-refractivity contribution in [2.24, 2.45) is 11.3 Å². The van der Waals surface area contributed by atoms with Crippen LogP contribution in [0.3, 0.4) is 0 Å². The summed E-state index contributed by atoms with van der Waals surface area (Å²) in [4.78, 5) is 11.2. The number of unbranched alkanes of at least 4 members (excludes halogenated alkanes) is 3. The van der Waals surface area contributed by atoms with Gasteiger partial charge in [0.15, 0.2) is 0 Å². The molecule has 96 valence electrons. The molecule has 1 atom stereocenters. The number of aldehydes is 1. The van der Waals surface area contributed by atoms with Gasteiger partial charge in [-0.2, -0.15) is 0 Å². The SMILES string of the molecule is C=C1CC(C)(C)C=C(CCCCCC)C1C=O. The fourth-order valence-corrected chi connectivity index (χ4v) is 2.77. The van der Waals surface area contributed by atoms with Gasteiger partial charge in [0.2, 0.25) is 0 Å². The molecule has 0 saturated carbocycles. The summed E-state index contributed by atoms with van der Waals surface area (Å²) in [5.74, 6) is -0.00958. The molecule has 0 heterocycles. The predicted molar refractivity (Wildman–Crippen MR) is 73.9 cm³/mol. The second-order valence-electron chi connectivity index (χ2n) is 5.97. The summed E-state index contributed by atoms with van der Waals surface area (Å²) in [6, 6.07) is 0. The van der Waals surface area contributed by atoms with Crippen molar-refractivity contribution in [2.45, 2.75) is 59.3 Å². The van der Waals surface area contributed by atoms with E-state index in [1.165, 1.54) is 31.3 Å². The van der Waals surface area contributed by atoms with Crippen molar-refractivity contribution in [3.05, 3.63) is 23.8 Å². The minimum absolute atomic E-state index is 0.00958. The van der Waals surface area contributed by atoms with Crippen LogP contribution in [0.4, 0.5) is 0 Å². The van der Waals surface area contributed by atoms with E-state index >= 15 is 0 Å². The van der Waals surface area contributed by atoms with Crippen LogP contribution in [0.5, 0.6) is 0 Å². The Bertz CT molecular complexity index is 309. The van der Waals surface area contributed by atoms with Gasteiger partial charge in [-0.1, -0.05) is 63.8 Å². The number of carbonyl (C=O) groups is 1. The zero-order valence-corrected chi connectivity index (χ0v) is 11.6. The maximum absolute atomic E-state index is 11.2. The van der Waals surface area contributed by atoms with Crippen molar-refractivity contribution < 1.29 is 4.79 Å². The Balaban J connectivity index is 2.67. The van der Waals surface area contributed by atoms with E-state index < -0.39 is 0 Å². The van der Waals surface area contributed by atoms with E-state index in [0.717, 1.165) is 24.7 Å². The summed E-state index contributed by atoms with van der Waals surface area (Å²) in [5, 5.41) is 0. The molecule has 0 bridgehead atoms. The Labute approximate surface area is 106 Å². The number of hydrogen-bond acceptors (Lipinski definition) is 1. The second kappa shape index (κ2) is 6.18. The van der Waals surface area contributed by atoms with Crippen LogP contribution in [0.25, 0.3) is 0 Å². The summed E-state index contributed by atoms with van der Waals surface area (Å²) in [6.07, 6.45) is 10.4. The third-order valence-corrected chi connectivity index (χ3v) is 3.55. The highest BCUT2D eigenvalue weighted by atomic mass is 16.1. The molecule has 0 aromatic rings. The molecule has 1 heteroatoms. The molecule has 1 unspecified atom stereocenters. The minimum atomic E-state index is -0.00958. The van der Waals surface area contributed by atoms with Gasteiger partial charge in [-0.15, -0.1) is 0 Å². The first-order valence-electron chi connectivity index (χ1n) is 6.85. The maximum Gasteiger partial charge on any atom is 0.131 e. The molecule has 1 nitrogen and oxygen atoms in total. The van der Waals surface area contributed by atoms with Gasteiger partial charge in [0.1, 0.15) is 6.29 Å². The average Bonchev–Trinajstić information content (AvgIpc) is 2.22. The molecule has 0 aromatic heterocycles. The van der Waals surface area contributed by atoms with Crippen LogP contribution in [0, 0.1) is 11.3 Å². The topological polar surface area (TPSA) is 17.1 Å². The van der Waals surface area contributed by atoms with Crippen LogP contribution in [0.1, 0.15) is 59.3 Å². The Kier molecular flexibility index (Phi) is 5.17. The maximum atomic E-state index is 11.2. The van der Waals surface area contributed by atoms with Crippen LogP contribution in [-0.4, -0.2) is 6.29 Å². The van der Waals surface area contributed by atoms with Crippen molar-refractivity contribution in [2.75, 3.05) is 0 Å². The number of carbonyl (C=O) groups excluding carboxylic acids is 1. The predicted octanol–water partition coefficient (Wildman–Crippen LogP) is 4.68. The van der Waals surface area contributed by atoms with Crippen molar-refractivity contribution in [1.29, 1.82) is 0 Å². The van der Waals surface area contributed by atoms with Crippen LogP contribution in [0.2, 0.25) is 0 Å². The lowest BCUT2D eigenvalue weighted by Crippen LogP contribution is -2.23. The zero-order valence-electron chi connectivity index (χ0n) is 11.6. The lowest BCUT2D eigenvalue weighted by molar-refractivity contribution is -0.109. The first kappa shape index (κ1) is 14.2. The fraction of sp³-hybridized carbons (Fsp3) is 0.688. The van der Waals surface area contributed by atoms with Gasteiger partial charge in [-0.05, 0) is 24.7 Å². The van der Waals surface area contributed by atoms with Crippen LogP contribution in [0.15, 0.2) is 23.8 Å². The molecule has 0 fully saturated rings. The minimum Gasteiger partial charge on any atom is -0.302 e. The number of rotatable bonds is 6. The van der Waals surface area contributed by atoms with Crippen molar-refractivity contribution in [3.63, 3.8) is 0 Å². The molecule has 1 rings (SSSR count). The van der Waals surface area contributed by atoms with E-state index in [2.05, 4.69) is 33.4 Å². The second-order valence-corrected chi connectivity index (χ2v) is 5.97. The summed E-state index contributed by atoms with van der Waals surface area (Å²) in [6.45, 7) is 10.8. The lowest BCUT2D eigenvalue weighted by atomic mass is 9.71. The van der Waals surface area contributed by atoms with E-state index in [0.29, 0.717) is 0 Å². The van der Waals surface area contributed by atoms with E-state index in [1.54, 1.807) is 0 Å². The molecular weight excluding hydrogens is 208 g/mol. The average molecular weight is 234 g/mol. The third-order valence-electron chi connectivity index (χ3n) is 3.55. The van der Waals surface area contributed by atoms with Crippen molar-refractivity contribution in [1.82, 2.24) is 0 Å². The Morgan fingerprint density at radius 1 is 1.41 bits per heavy atom. The Morgan fingerprint density at radius 3 is 2.71 bits per heavy atom. The molecule has 0 N–H and O–H groups in total. The molecule has 0 aromatic carbocycles. The quantitative estimate of drug-likeness (QED) is 0.370. The van der Waals surface area contributed by atoms with Gasteiger partial charge in [0.25, 0.3) is 0 Å². The fourth-order valence-electron chi connectivity index (χ4n) is 2.77. The summed E-state index contributed by atoms with van der Waals surface area (Å²) >= 11 is 0.